The monoisotopic (exact) mass is 278 g/mol. The predicted molar refractivity (Wildman–Crippen MR) is 74.1 cm³/mol. The molecular weight excluding hydrogens is 264 g/mol. The van der Waals surface area contributed by atoms with E-state index in [2.05, 4.69) is 10.3 Å². The molecule has 19 heavy (non-hydrogen) atoms. The van der Waals surface area contributed by atoms with Crippen molar-refractivity contribution >= 4 is 23.0 Å². The number of aryl methyl sites for hydroxylation is 1. The maximum Gasteiger partial charge on any atom is 0.337 e. The van der Waals surface area contributed by atoms with Crippen molar-refractivity contribution in [2.45, 2.75) is 13.5 Å². The van der Waals surface area contributed by atoms with E-state index in [1.165, 1.54) is 6.07 Å². The number of carboxylic acid groups (broad SMARTS) is 1. The van der Waals surface area contributed by atoms with Gasteiger partial charge in [0.25, 0.3) is 0 Å². The molecule has 0 fully saturated rings. The predicted octanol–water partition coefficient (Wildman–Crippen LogP) is 2.77. The highest BCUT2D eigenvalue weighted by molar-refractivity contribution is 7.11. The van der Waals surface area contributed by atoms with Crippen molar-refractivity contribution in [3.05, 3.63) is 39.8 Å². The number of nitrogens with zero attached hydrogens (tertiary/aromatic N) is 1. The van der Waals surface area contributed by atoms with Crippen LogP contribution in [0.5, 0.6) is 5.75 Å². The van der Waals surface area contributed by atoms with Crippen molar-refractivity contribution in [1.82, 2.24) is 4.98 Å². The Hall–Kier alpha value is -2.08. The van der Waals surface area contributed by atoms with Crippen LogP contribution in [0.1, 0.15) is 20.2 Å². The number of anilines is 1. The van der Waals surface area contributed by atoms with Crippen molar-refractivity contribution < 1.29 is 14.6 Å². The molecule has 1 aromatic heterocycles. The van der Waals surface area contributed by atoms with Crippen molar-refractivity contribution in [2.75, 3.05) is 12.4 Å². The summed E-state index contributed by atoms with van der Waals surface area (Å²) < 4.78 is 5.10. The number of carboxylic acids is 1. The summed E-state index contributed by atoms with van der Waals surface area (Å²) >= 11 is 1.58. The molecule has 2 aromatic rings. The molecule has 1 heterocycles. The van der Waals surface area contributed by atoms with E-state index in [-0.39, 0.29) is 5.56 Å². The minimum absolute atomic E-state index is 0.217. The summed E-state index contributed by atoms with van der Waals surface area (Å²) in [6.07, 6.45) is 1.80. The van der Waals surface area contributed by atoms with Gasteiger partial charge in [0, 0.05) is 17.1 Å². The highest BCUT2D eigenvalue weighted by atomic mass is 32.1. The Morgan fingerprint density at radius 3 is 2.89 bits per heavy atom. The summed E-state index contributed by atoms with van der Waals surface area (Å²) in [5, 5.41) is 13.1. The fourth-order valence-corrected chi connectivity index (χ4v) is 2.36. The average Bonchev–Trinajstić information content (AvgIpc) is 2.81. The van der Waals surface area contributed by atoms with Gasteiger partial charge >= 0.3 is 5.97 Å². The summed E-state index contributed by atoms with van der Waals surface area (Å²) in [4.78, 5) is 16.5. The molecule has 0 bridgehead atoms. The quantitative estimate of drug-likeness (QED) is 0.880. The summed E-state index contributed by atoms with van der Waals surface area (Å²) in [6.45, 7) is 2.47. The van der Waals surface area contributed by atoms with Crippen molar-refractivity contribution in [3.63, 3.8) is 0 Å². The molecule has 2 N–H and O–H groups in total. The third-order valence-electron chi connectivity index (χ3n) is 2.56. The molecule has 0 amide bonds. The Kier molecular flexibility index (Phi) is 4.01. The summed E-state index contributed by atoms with van der Waals surface area (Å²) in [5.74, 6) is -0.358. The van der Waals surface area contributed by atoms with Crippen molar-refractivity contribution in [2.24, 2.45) is 0 Å². The van der Waals surface area contributed by atoms with Crippen LogP contribution < -0.4 is 10.1 Å². The number of carbonyl (C=O) groups is 1. The second-order valence-electron chi connectivity index (χ2n) is 3.93. The number of benzene rings is 1. The number of thiazole rings is 1. The van der Waals surface area contributed by atoms with E-state index in [9.17, 15) is 4.79 Å². The largest absolute Gasteiger partial charge is 0.497 e. The Morgan fingerprint density at radius 1 is 1.53 bits per heavy atom. The van der Waals surface area contributed by atoms with Crippen LogP contribution in [0.2, 0.25) is 0 Å². The van der Waals surface area contributed by atoms with Gasteiger partial charge in [-0.3, -0.25) is 0 Å². The maximum atomic E-state index is 11.1. The first-order chi connectivity index (χ1) is 9.10. The lowest BCUT2D eigenvalue weighted by molar-refractivity contribution is 0.0698. The highest BCUT2D eigenvalue weighted by Gasteiger charge is 2.11. The van der Waals surface area contributed by atoms with Gasteiger partial charge in [0.2, 0.25) is 0 Å². The van der Waals surface area contributed by atoms with Gasteiger partial charge < -0.3 is 15.2 Å². The number of aromatic nitrogens is 1. The van der Waals surface area contributed by atoms with Gasteiger partial charge in [0.15, 0.2) is 0 Å². The van der Waals surface area contributed by atoms with Gasteiger partial charge in [0.1, 0.15) is 10.8 Å². The lowest BCUT2D eigenvalue weighted by Crippen LogP contribution is -2.06. The second kappa shape index (κ2) is 5.71. The molecule has 2 rings (SSSR count). The Morgan fingerprint density at radius 2 is 2.32 bits per heavy atom. The van der Waals surface area contributed by atoms with Gasteiger partial charge in [-0.05, 0) is 19.1 Å². The van der Waals surface area contributed by atoms with Gasteiger partial charge in [-0.1, -0.05) is 0 Å². The van der Waals surface area contributed by atoms with Gasteiger partial charge in [-0.15, -0.1) is 11.3 Å². The first-order valence-corrected chi connectivity index (χ1v) is 6.48. The van der Waals surface area contributed by atoms with E-state index in [4.69, 9.17) is 9.84 Å². The molecule has 0 unspecified atom stereocenters. The first kappa shape index (κ1) is 13.4. The van der Waals surface area contributed by atoms with Crippen molar-refractivity contribution in [3.8, 4) is 5.75 Å². The molecule has 0 atom stereocenters. The topological polar surface area (TPSA) is 71.5 Å². The lowest BCUT2D eigenvalue weighted by Gasteiger charge is -2.10. The lowest BCUT2D eigenvalue weighted by atomic mass is 10.1. The van der Waals surface area contributed by atoms with Crippen LogP contribution in [0.3, 0.4) is 0 Å². The first-order valence-electron chi connectivity index (χ1n) is 5.66. The molecular formula is C13H14N2O3S. The van der Waals surface area contributed by atoms with E-state index in [0.717, 1.165) is 9.88 Å². The highest BCUT2D eigenvalue weighted by Crippen LogP contribution is 2.23. The number of hydrogen-bond donors (Lipinski definition) is 2. The van der Waals surface area contributed by atoms with Gasteiger partial charge in [-0.2, -0.15) is 0 Å². The van der Waals surface area contributed by atoms with E-state index in [1.807, 2.05) is 6.92 Å². The number of methoxy groups -OCH3 is 1. The van der Waals surface area contributed by atoms with E-state index in [0.29, 0.717) is 18.0 Å². The molecule has 5 nitrogen and oxygen atoms in total. The number of rotatable bonds is 5. The molecule has 0 saturated carbocycles. The van der Waals surface area contributed by atoms with E-state index < -0.39 is 5.97 Å². The minimum Gasteiger partial charge on any atom is -0.497 e. The maximum absolute atomic E-state index is 11.1. The number of ether oxygens (including phenoxy) is 1. The fraction of sp³-hybridized carbons (Fsp3) is 0.231. The minimum atomic E-state index is -0.972. The Labute approximate surface area is 114 Å². The molecule has 0 aliphatic rings. The van der Waals surface area contributed by atoms with Crippen LogP contribution in [0.15, 0.2) is 24.4 Å². The normalized spacial score (nSPS) is 10.2. The third kappa shape index (κ3) is 3.23. The molecule has 6 heteroatoms. The Bertz CT molecular complexity index is 595. The molecule has 100 valence electrons. The molecule has 0 radical (unpaired) electrons. The molecule has 0 aliphatic heterocycles. The zero-order valence-corrected chi connectivity index (χ0v) is 11.5. The van der Waals surface area contributed by atoms with Crippen LogP contribution in [0.25, 0.3) is 0 Å². The third-order valence-corrected chi connectivity index (χ3v) is 3.47. The number of nitrogens with one attached hydrogen (secondary N) is 1. The Balaban J connectivity index is 2.19. The summed E-state index contributed by atoms with van der Waals surface area (Å²) in [6, 6.07) is 4.82. The number of hydrogen-bond acceptors (Lipinski definition) is 5. The van der Waals surface area contributed by atoms with E-state index >= 15 is 0 Å². The molecule has 0 saturated heterocycles. The standard InChI is InChI=1S/C13H14N2O3S/c1-8-6-15-12(19-8)7-14-11-5-9(18-2)3-4-10(11)13(16)17/h3-6,14H,7H2,1-2H3,(H,16,17). The average molecular weight is 278 g/mol. The zero-order valence-electron chi connectivity index (χ0n) is 10.6. The van der Waals surface area contributed by atoms with Crippen LogP contribution in [-0.2, 0) is 6.54 Å². The molecule has 0 aliphatic carbocycles. The van der Waals surface area contributed by atoms with E-state index in [1.54, 1.807) is 36.8 Å². The van der Waals surface area contributed by atoms with Crippen LogP contribution in [0, 0.1) is 6.92 Å². The van der Waals surface area contributed by atoms with Gasteiger partial charge in [-0.25, -0.2) is 9.78 Å². The van der Waals surface area contributed by atoms with Gasteiger partial charge in [0.05, 0.1) is 24.9 Å². The SMILES string of the molecule is COc1ccc(C(=O)O)c(NCc2ncc(C)s2)c1. The smallest absolute Gasteiger partial charge is 0.337 e. The van der Waals surface area contributed by atoms with Crippen LogP contribution >= 0.6 is 11.3 Å². The molecule has 1 aromatic carbocycles. The van der Waals surface area contributed by atoms with Crippen molar-refractivity contribution in [1.29, 1.82) is 0 Å². The number of aromatic carboxylic acids is 1. The fourth-order valence-electron chi connectivity index (χ4n) is 1.64. The van der Waals surface area contributed by atoms with Crippen LogP contribution in [-0.4, -0.2) is 23.2 Å². The van der Waals surface area contributed by atoms with Crippen LogP contribution in [0.4, 0.5) is 5.69 Å². The summed E-state index contributed by atoms with van der Waals surface area (Å²) in [5.41, 5.74) is 0.744. The molecule has 0 spiro atoms. The zero-order chi connectivity index (χ0) is 13.8. The summed E-state index contributed by atoms with van der Waals surface area (Å²) in [7, 11) is 1.55. The second-order valence-corrected chi connectivity index (χ2v) is 5.25.